The third kappa shape index (κ3) is 2.35. The molecule has 1 aliphatic carbocycles. The summed E-state index contributed by atoms with van der Waals surface area (Å²) in [6.07, 6.45) is 3.63. The van der Waals surface area contributed by atoms with Gasteiger partial charge in [-0.3, -0.25) is 4.79 Å². The fourth-order valence-electron chi connectivity index (χ4n) is 2.68. The maximum absolute atomic E-state index is 11.9. The zero-order chi connectivity index (χ0) is 13.9. The molecule has 102 valence electrons. The summed E-state index contributed by atoms with van der Waals surface area (Å²) < 4.78 is 0. The van der Waals surface area contributed by atoms with Gasteiger partial charge in [-0.25, -0.2) is 4.79 Å². The van der Waals surface area contributed by atoms with E-state index in [1.165, 1.54) is 4.90 Å². The predicted octanol–water partition coefficient (Wildman–Crippen LogP) is 2.39. The quantitative estimate of drug-likeness (QED) is 0.767. The van der Waals surface area contributed by atoms with Crippen molar-refractivity contribution in [1.29, 1.82) is 0 Å². The summed E-state index contributed by atoms with van der Waals surface area (Å²) >= 11 is 0. The number of carbonyl (C=O) groups is 2. The first-order chi connectivity index (χ1) is 9.16. The highest BCUT2D eigenvalue weighted by molar-refractivity contribution is 5.83. The molecule has 0 spiro atoms. The van der Waals surface area contributed by atoms with Gasteiger partial charge in [0.05, 0.1) is 0 Å². The Labute approximate surface area is 113 Å². The normalized spacial score (nSPS) is 17.5. The van der Waals surface area contributed by atoms with Crippen molar-refractivity contribution < 1.29 is 14.7 Å². The number of carboxylic acid groups (broad SMARTS) is 1. The summed E-state index contributed by atoms with van der Waals surface area (Å²) in [6, 6.07) is 9.15. The van der Waals surface area contributed by atoms with Crippen LogP contribution in [0.5, 0.6) is 0 Å². The first kappa shape index (κ1) is 13.6. The minimum atomic E-state index is -1.22. The van der Waals surface area contributed by atoms with Gasteiger partial charge in [0.1, 0.15) is 0 Å². The van der Waals surface area contributed by atoms with E-state index >= 15 is 0 Å². The number of carbonyl (C=O) groups excluding carboxylic acids is 1. The molecule has 0 heterocycles. The zero-order valence-electron chi connectivity index (χ0n) is 11.1. The van der Waals surface area contributed by atoms with Gasteiger partial charge in [0.15, 0.2) is 5.54 Å². The van der Waals surface area contributed by atoms with Crippen molar-refractivity contribution in [1.82, 2.24) is 4.90 Å². The highest BCUT2D eigenvalue weighted by Crippen LogP contribution is 2.40. The Kier molecular flexibility index (Phi) is 3.88. The summed E-state index contributed by atoms with van der Waals surface area (Å²) in [5.41, 5.74) is -0.540. The van der Waals surface area contributed by atoms with E-state index < -0.39 is 11.5 Å². The number of nitrogens with zero attached hydrogens (tertiary/aromatic N) is 1. The predicted molar refractivity (Wildman–Crippen MR) is 71.6 cm³/mol. The maximum atomic E-state index is 11.9. The average molecular weight is 261 g/mol. The standard InChI is InChI=1S/C15H19NO3/c1-2-10-15(14(18)19,12-6-4-3-5-7-12)16(11-17)13-8-9-13/h3-7,11,13H,2,8-10H2,1H3,(H,18,19). The van der Waals surface area contributed by atoms with Crippen LogP contribution in [0.3, 0.4) is 0 Å². The molecule has 4 heteroatoms. The van der Waals surface area contributed by atoms with E-state index in [9.17, 15) is 14.7 Å². The van der Waals surface area contributed by atoms with Gasteiger partial charge in [-0.15, -0.1) is 0 Å². The number of aliphatic carboxylic acids is 1. The van der Waals surface area contributed by atoms with E-state index in [0.717, 1.165) is 12.8 Å². The molecule has 19 heavy (non-hydrogen) atoms. The molecular weight excluding hydrogens is 242 g/mol. The van der Waals surface area contributed by atoms with Crippen LogP contribution < -0.4 is 0 Å². The molecule has 2 rings (SSSR count). The molecule has 0 aliphatic heterocycles. The fraction of sp³-hybridized carbons (Fsp3) is 0.467. The number of carboxylic acids is 1. The summed E-state index contributed by atoms with van der Waals surface area (Å²) in [5, 5.41) is 9.79. The summed E-state index contributed by atoms with van der Waals surface area (Å²) in [4.78, 5) is 24.9. The van der Waals surface area contributed by atoms with Crippen LogP contribution in [0.4, 0.5) is 0 Å². The monoisotopic (exact) mass is 261 g/mol. The average Bonchev–Trinajstić information content (AvgIpc) is 3.23. The van der Waals surface area contributed by atoms with Crippen LogP contribution in [-0.2, 0) is 15.1 Å². The first-order valence-corrected chi connectivity index (χ1v) is 6.69. The molecule has 4 nitrogen and oxygen atoms in total. The molecule has 1 N–H and O–H groups in total. The Morgan fingerprint density at radius 2 is 2.05 bits per heavy atom. The Morgan fingerprint density at radius 3 is 2.47 bits per heavy atom. The molecular formula is C15H19NO3. The number of amides is 1. The summed E-state index contributed by atoms with van der Waals surface area (Å²) in [6.45, 7) is 1.94. The molecule has 1 aromatic carbocycles. The molecule has 1 aromatic rings. The van der Waals surface area contributed by atoms with Crippen molar-refractivity contribution in [2.75, 3.05) is 0 Å². The topological polar surface area (TPSA) is 57.6 Å². The number of hydrogen-bond donors (Lipinski definition) is 1. The van der Waals surface area contributed by atoms with Crippen molar-refractivity contribution in [3.8, 4) is 0 Å². The van der Waals surface area contributed by atoms with Crippen LogP contribution in [-0.4, -0.2) is 28.4 Å². The van der Waals surface area contributed by atoms with E-state index in [0.29, 0.717) is 24.8 Å². The molecule has 1 amide bonds. The van der Waals surface area contributed by atoms with Crippen LogP contribution >= 0.6 is 0 Å². The zero-order valence-corrected chi connectivity index (χ0v) is 11.1. The van der Waals surface area contributed by atoms with E-state index in [1.54, 1.807) is 12.1 Å². The van der Waals surface area contributed by atoms with Crippen LogP contribution in [0.1, 0.15) is 38.2 Å². The van der Waals surface area contributed by atoms with Gasteiger partial charge < -0.3 is 10.0 Å². The SMILES string of the molecule is CCCC(C(=O)O)(c1ccccc1)N(C=O)C1CC1. The van der Waals surface area contributed by atoms with Crippen LogP contribution in [0.15, 0.2) is 30.3 Å². The molecule has 1 atom stereocenters. The van der Waals surface area contributed by atoms with E-state index in [4.69, 9.17) is 0 Å². The Morgan fingerprint density at radius 1 is 1.42 bits per heavy atom. The van der Waals surface area contributed by atoms with Gasteiger partial charge in [0.25, 0.3) is 0 Å². The van der Waals surface area contributed by atoms with Gasteiger partial charge in [-0.1, -0.05) is 43.7 Å². The van der Waals surface area contributed by atoms with E-state index in [1.807, 2.05) is 25.1 Å². The minimum absolute atomic E-state index is 0.0698. The van der Waals surface area contributed by atoms with Crippen molar-refractivity contribution in [3.63, 3.8) is 0 Å². The Balaban J connectivity index is 2.52. The van der Waals surface area contributed by atoms with Crippen LogP contribution in [0, 0.1) is 0 Å². The van der Waals surface area contributed by atoms with Gasteiger partial charge in [-0.2, -0.15) is 0 Å². The fourth-order valence-corrected chi connectivity index (χ4v) is 2.68. The Bertz CT molecular complexity index is 456. The second-order valence-corrected chi connectivity index (χ2v) is 5.03. The van der Waals surface area contributed by atoms with Crippen molar-refractivity contribution >= 4 is 12.4 Å². The van der Waals surface area contributed by atoms with Crippen molar-refractivity contribution in [2.24, 2.45) is 0 Å². The van der Waals surface area contributed by atoms with Crippen LogP contribution in [0.2, 0.25) is 0 Å². The molecule has 0 radical (unpaired) electrons. The van der Waals surface area contributed by atoms with Gasteiger partial charge in [0, 0.05) is 6.04 Å². The molecule has 0 bridgehead atoms. The molecule has 1 aliphatic rings. The Hall–Kier alpha value is -1.84. The lowest BCUT2D eigenvalue weighted by atomic mass is 9.83. The molecule has 0 saturated heterocycles. The smallest absolute Gasteiger partial charge is 0.334 e. The summed E-state index contributed by atoms with van der Waals surface area (Å²) in [7, 11) is 0. The number of benzene rings is 1. The first-order valence-electron chi connectivity index (χ1n) is 6.69. The maximum Gasteiger partial charge on any atom is 0.334 e. The minimum Gasteiger partial charge on any atom is -0.479 e. The highest BCUT2D eigenvalue weighted by atomic mass is 16.4. The van der Waals surface area contributed by atoms with Crippen LogP contribution in [0.25, 0.3) is 0 Å². The van der Waals surface area contributed by atoms with E-state index in [2.05, 4.69) is 0 Å². The van der Waals surface area contributed by atoms with Gasteiger partial charge in [-0.05, 0) is 24.8 Å². The third-order valence-electron chi connectivity index (χ3n) is 3.71. The molecule has 0 aromatic heterocycles. The second-order valence-electron chi connectivity index (χ2n) is 5.03. The van der Waals surface area contributed by atoms with Gasteiger partial charge >= 0.3 is 5.97 Å². The van der Waals surface area contributed by atoms with Gasteiger partial charge in [0.2, 0.25) is 6.41 Å². The second kappa shape index (κ2) is 5.43. The lowest BCUT2D eigenvalue weighted by Gasteiger charge is -2.39. The summed E-state index contributed by atoms with van der Waals surface area (Å²) in [5.74, 6) is -0.945. The molecule has 1 unspecified atom stereocenters. The lowest BCUT2D eigenvalue weighted by Crippen LogP contribution is -2.52. The largest absolute Gasteiger partial charge is 0.479 e. The third-order valence-corrected chi connectivity index (χ3v) is 3.71. The highest BCUT2D eigenvalue weighted by Gasteiger charge is 2.50. The van der Waals surface area contributed by atoms with E-state index in [-0.39, 0.29) is 6.04 Å². The van der Waals surface area contributed by atoms with Crippen molar-refractivity contribution in [3.05, 3.63) is 35.9 Å². The molecule has 1 saturated carbocycles. The molecule has 1 fully saturated rings. The van der Waals surface area contributed by atoms with Crippen molar-refractivity contribution in [2.45, 2.75) is 44.2 Å². The lowest BCUT2D eigenvalue weighted by molar-refractivity contribution is -0.157. The number of hydrogen-bond acceptors (Lipinski definition) is 2. The number of rotatable bonds is 7.